The van der Waals surface area contributed by atoms with Crippen molar-refractivity contribution in [1.29, 1.82) is 0 Å². The third-order valence-electron chi connectivity index (χ3n) is 4.63. The van der Waals surface area contributed by atoms with E-state index in [9.17, 15) is 14.4 Å². The van der Waals surface area contributed by atoms with Crippen molar-refractivity contribution in [2.24, 2.45) is 0 Å². The van der Waals surface area contributed by atoms with Crippen molar-refractivity contribution in [3.8, 4) is 0 Å². The van der Waals surface area contributed by atoms with Gasteiger partial charge in [-0.1, -0.05) is 12.1 Å². The fraction of sp³-hybridized carbons (Fsp3) is 0.471. The lowest BCUT2D eigenvalue weighted by atomic mass is 10.1. The minimum Gasteiger partial charge on any atom is -0.465 e. The summed E-state index contributed by atoms with van der Waals surface area (Å²) in [6, 6.07) is 6.92. The maximum Gasteiger partial charge on any atom is 0.407 e. The number of carboxylic acid groups (broad SMARTS) is 1. The van der Waals surface area contributed by atoms with Crippen molar-refractivity contribution in [3.63, 3.8) is 0 Å². The Bertz CT molecular complexity index is 618. The van der Waals surface area contributed by atoms with Gasteiger partial charge >= 0.3 is 6.09 Å². The van der Waals surface area contributed by atoms with Gasteiger partial charge in [0.1, 0.15) is 0 Å². The number of piperazine rings is 1. The quantitative estimate of drug-likeness (QED) is 0.651. The zero-order chi connectivity index (χ0) is 17.1. The molecule has 3 amide bonds. The molecule has 24 heavy (non-hydrogen) atoms. The van der Waals surface area contributed by atoms with E-state index >= 15 is 0 Å². The molecule has 1 aromatic rings. The summed E-state index contributed by atoms with van der Waals surface area (Å²) in [6.45, 7) is 3.83. The molecule has 3 rings (SSSR count). The predicted molar refractivity (Wildman–Crippen MR) is 87.1 cm³/mol. The maximum atomic E-state index is 12.2. The summed E-state index contributed by atoms with van der Waals surface area (Å²) >= 11 is 0. The second-order valence-corrected chi connectivity index (χ2v) is 6.13. The fourth-order valence-corrected chi connectivity index (χ4v) is 3.21. The Balaban J connectivity index is 1.41. The Morgan fingerprint density at radius 3 is 2.00 bits per heavy atom. The fourth-order valence-electron chi connectivity index (χ4n) is 3.21. The molecule has 0 aliphatic carbocycles. The van der Waals surface area contributed by atoms with E-state index < -0.39 is 6.09 Å². The number of hydrogen-bond donors (Lipinski definition) is 1. The van der Waals surface area contributed by atoms with Gasteiger partial charge in [0.15, 0.2) is 0 Å². The van der Waals surface area contributed by atoms with Gasteiger partial charge in [0.05, 0.1) is 11.1 Å². The Hall–Kier alpha value is -2.41. The molecule has 2 aliphatic rings. The summed E-state index contributed by atoms with van der Waals surface area (Å²) in [6.07, 6.45) is 0.769. The van der Waals surface area contributed by atoms with Gasteiger partial charge < -0.3 is 10.0 Å². The first kappa shape index (κ1) is 16.4. The predicted octanol–water partition coefficient (Wildman–Crippen LogP) is 1.36. The van der Waals surface area contributed by atoms with Crippen LogP contribution in [0.2, 0.25) is 0 Å². The maximum absolute atomic E-state index is 12.2. The van der Waals surface area contributed by atoms with Gasteiger partial charge in [0.25, 0.3) is 11.8 Å². The Morgan fingerprint density at radius 1 is 0.917 bits per heavy atom. The van der Waals surface area contributed by atoms with Gasteiger partial charge in [-0.25, -0.2) is 4.79 Å². The van der Waals surface area contributed by atoms with E-state index in [0.717, 1.165) is 32.5 Å². The summed E-state index contributed by atoms with van der Waals surface area (Å²) in [5.74, 6) is -0.406. The topological polar surface area (TPSA) is 81.2 Å². The van der Waals surface area contributed by atoms with Gasteiger partial charge in [-0.15, -0.1) is 0 Å². The number of imide groups is 1. The summed E-state index contributed by atoms with van der Waals surface area (Å²) < 4.78 is 0. The molecule has 0 unspecified atom stereocenters. The molecule has 128 valence electrons. The van der Waals surface area contributed by atoms with Crippen LogP contribution in [0.1, 0.15) is 33.6 Å². The summed E-state index contributed by atoms with van der Waals surface area (Å²) in [7, 11) is 0. The van der Waals surface area contributed by atoms with Crippen LogP contribution in [0.25, 0.3) is 0 Å². The lowest BCUT2D eigenvalue weighted by Gasteiger charge is -2.33. The number of rotatable bonds is 5. The first-order valence-corrected chi connectivity index (χ1v) is 8.23. The highest BCUT2D eigenvalue weighted by atomic mass is 16.4. The molecule has 1 saturated heterocycles. The van der Waals surface area contributed by atoms with E-state index in [1.165, 1.54) is 9.80 Å². The number of fused-ring (bicyclic) bond motifs is 1. The minimum absolute atomic E-state index is 0.203. The monoisotopic (exact) mass is 331 g/mol. The lowest BCUT2D eigenvalue weighted by molar-refractivity contribution is 0.0649. The number of nitrogens with zero attached hydrogens (tertiary/aromatic N) is 3. The molecule has 1 aromatic carbocycles. The molecule has 0 spiro atoms. The van der Waals surface area contributed by atoms with Crippen molar-refractivity contribution in [3.05, 3.63) is 35.4 Å². The van der Waals surface area contributed by atoms with Crippen molar-refractivity contribution >= 4 is 17.9 Å². The van der Waals surface area contributed by atoms with E-state index in [4.69, 9.17) is 5.11 Å². The van der Waals surface area contributed by atoms with Gasteiger partial charge in [-0.2, -0.15) is 0 Å². The lowest BCUT2D eigenvalue weighted by Crippen LogP contribution is -2.48. The Labute approximate surface area is 140 Å². The molecule has 0 bridgehead atoms. The second kappa shape index (κ2) is 7.00. The summed E-state index contributed by atoms with van der Waals surface area (Å²) in [5, 5.41) is 8.92. The van der Waals surface area contributed by atoms with Crippen LogP contribution < -0.4 is 0 Å². The van der Waals surface area contributed by atoms with Crippen LogP contribution in [0.5, 0.6) is 0 Å². The SMILES string of the molecule is O=C(O)N1CCN(CCCCN2C(=O)c3ccccc3C2=O)CC1. The van der Waals surface area contributed by atoms with E-state index in [1.54, 1.807) is 24.3 Å². The van der Waals surface area contributed by atoms with Crippen molar-refractivity contribution < 1.29 is 19.5 Å². The van der Waals surface area contributed by atoms with Crippen LogP contribution in [-0.4, -0.2) is 77.0 Å². The Kier molecular flexibility index (Phi) is 4.80. The highest BCUT2D eigenvalue weighted by Gasteiger charge is 2.34. The molecule has 7 nitrogen and oxygen atoms in total. The van der Waals surface area contributed by atoms with Gasteiger partial charge in [-0.05, 0) is 31.5 Å². The minimum atomic E-state index is -0.861. The smallest absolute Gasteiger partial charge is 0.407 e. The molecular weight excluding hydrogens is 310 g/mol. The normalized spacial score (nSPS) is 18.2. The second-order valence-electron chi connectivity index (χ2n) is 6.13. The van der Waals surface area contributed by atoms with E-state index in [2.05, 4.69) is 4.90 Å². The molecule has 0 radical (unpaired) electrons. The van der Waals surface area contributed by atoms with Crippen LogP contribution in [0.4, 0.5) is 4.79 Å². The molecule has 2 aliphatic heterocycles. The van der Waals surface area contributed by atoms with Crippen molar-refractivity contribution in [2.75, 3.05) is 39.3 Å². The molecule has 7 heteroatoms. The zero-order valence-corrected chi connectivity index (χ0v) is 13.5. The number of hydrogen-bond acceptors (Lipinski definition) is 4. The molecular formula is C17H21N3O4. The van der Waals surface area contributed by atoms with Gasteiger partial charge in [0, 0.05) is 32.7 Å². The van der Waals surface area contributed by atoms with Crippen molar-refractivity contribution in [2.45, 2.75) is 12.8 Å². The van der Waals surface area contributed by atoms with E-state index in [1.807, 2.05) is 0 Å². The number of carbonyl (C=O) groups is 3. The molecule has 0 saturated carbocycles. The molecule has 1 N–H and O–H groups in total. The molecule has 2 heterocycles. The molecule has 1 fully saturated rings. The Morgan fingerprint density at radius 2 is 1.46 bits per heavy atom. The number of unbranched alkanes of at least 4 members (excludes halogenated alkanes) is 1. The highest BCUT2D eigenvalue weighted by Crippen LogP contribution is 2.22. The van der Waals surface area contributed by atoms with Crippen LogP contribution in [0.15, 0.2) is 24.3 Å². The van der Waals surface area contributed by atoms with E-state index in [0.29, 0.717) is 30.8 Å². The van der Waals surface area contributed by atoms with Crippen LogP contribution in [-0.2, 0) is 0 Å². The standard InChI is InChI=1S/C17H21N3O4/c21-15-13-5-1-2-6-14(13)16(22)20(15)8-4-3-7-18-9-11-19(12-10-18)17(23)24/h1-2,5-6H,3-4,7-12H2,(H,23,24). The largest absolute Gasteiger partial charge is 0.465 e. The van der Waals surface area contributed by atoms with Crippen LogP contribution in [0, 0.1) is 0 Å². The number of amides is 3. The molecule has 0 atom stereocenters. The third-order valence-corrected chi connectivity index (χ3v) is 4.63. The number of benzene rings is 1. The summed E-state index contributed by atoms with van der Waals surface area (Å²) in [5.41, 5.74) is 0.986. The highest BCUT2D eigenvalue weighted by molar-refractivity contribution is 6.21. The summed E-state index contributed by atoms with van der Waals surface area (Å²) in [4.78, 5) is 40.3. The first-order valence-electron chi connectivity index (χ1n) is 8.23. The number of carbonyl (C=O) groups excluding carboxylic acids is 2. The first-order chi connectivity index (χ1) is 11.6. The zero-order valence-electron chi connectivity index (χ0n) is 13.5. The average molecular weight is 331 g/mol. The van der Waals surface area contributed by atoms with Crippen molar-refractivity contribution in [1.82, 2.24) is 14.7 Å². The van der Waals surface area contributed by atoms with Gasteiger partial charge in [-0.3, -0.25) is 19.4 Å². The average Bonchev–Trinajstić information content (AvgIpc) is 2.84. The molecule has 0 aromatic heterocycles. The third kappa shape index (κ3) is 3.26. The van der Waals surface area contributed by atoms with Crippen LogP contribution in [0.3, 0.4) is 0 Å². The van der Waals surface area contributed by atoms with E-state index in [-0.39, 0.29) is 11.8 Å². The van der Waals surface area contributed by atoms with Gasteiger partial charge in [0.2, 0.25) is 0 Å². The van der Waals surface area contributed by atoms with Crippen LogP contribution >= 0.6 is 0 Å².